The minimum atomic E-state index is -3.75. The van der Waals surface area contributed by atoms with E-state index in [0.717, 1.165) is 18.9 Å². The van der Waals surface area contributed by atoms with Crippen LogP contribution in [0.4, 0.5) is 4.39 Å². The summed E-state index contributed by atoms with van der Waals surface area (Å²) in [6.07, 6.45) is 0.896. The minimum absolute atomic E-state index is 0.0311. The van der Waals surface area contributed by atoms with Crippen molar-refractivity contribution in [2.75, 3.05) is 19.3 Å². The summed E-state index contributed by atoms with van der Waals surface area (Å²) < 4.78 is 37.6. The highest BCUT2D eigenvalue weighted by atomic mass is 79.9. The Morgan fingerprint density at radius 3 is 2.57 bits per heavy atom. The minimum Gasteiger partial charge on any atom is -0.350 e. The number of nitrogens with one attached hydrogen (secondary N) is 2. The van der Waals surface area contributed by atoms with Gasteiger partial charge < -0.3 is 10.6 Å². The molecular formula is C13H18BrFN2O3S. The molecule has 1 rings (SSSR count). The summed E-state index contributed by atoms with van der Waals surface area (Å²) >= 11 is 3.09. The SMILES string of the molecule is CCN[C@H](C)CNC(=O)c1cc(Br)cc(S(C)(=O)=O)c1F. The van der Waals surface area contributed by atoms with Crippen LogP contribution in [0.3, 0.4) is 0 Å². The summed E-state index contributed by atoms with van der Waals surface area (Å²) in [5, 5.41) is 5.67. The molecule has 5 nitrogen and oxygen atoms in total. The highest BCUT2D eigenvalue weighted by molar-refractivity contribution is 9.10. The van der Waals surface area contributed by atoms with Crippen LogP contribution in [0, 0.1) is 5.82 Å². The Hall–Kier alpha value is -0.990. The fourth-order valence-corrected chi connectivity index (χ4v) is 3.15. The van der Waals surface area contributed by atoms with E-state index in [2.05, 4.69) is 26.6 Å². The van der Waals surface area contributed by atoms with Gasteiger partial charge in [-0.3, -0.25) is 4.79 Å². The van der Waals surface area contributed by atoms with E-state index in [9.17, 15) is 17.6 Å². The molecule has 0 fully saturated rings. The highest BCUT2D eigenvalue weighted by Gasteiger charge is 2.22. The lowest BCUT2D eigenvalue weighted by Gasteiger charge is -2.14. The van der Waals surface area contributed by atoms with Gasteiger partial charge in [0.1, 0.15) is 4.90 Å². The first-order chi connectivity index (χ1) is 9.66. The first-order valence-electron chi connectivity index (χ1n) is 6.37. The van der Waals surface area contributed by atoms with E-state index in [0.29, 0.717) is 11.0 Å². The lowest BCUT2D eigenvalue weighted by molar-refractivity contribution is 0.0945. The van der Waals surface area contributed by atoms with Gasteiger partial charge in [0.2, 0.25) is 0 Å². The van der Waals surface area contributed by atoms with E-state index < -0.39 is 26.5 Å². The Morgan fingerprint density at radius 1 is 1.43 bits per heavy atom. The van der Waals surface area contributed by atoms with Crippen molar-refractivity contribution in [2.24, 2.45) is 0 Å². The summed E-state index contributed by atoms with van der Waals surface area (Å²) in [4.78, 5) is 11.5. The van der Waals surface area contributed by atoms with Crippen LogP contribution >= 0.6 is 15.9 Å². The van der Waals surface area contributed by atoms with Gasteiger partial charge in [-0.05, 0) is 25.6 Å². The third-order valence-electron chi connectivity index (χ3n) is 2.77. The largest absolute Gasteiger partial charge is 0.350 e. The molecule has 1 aromatic rings. The maximum Gasteiger partial charge on any atom is 0.254 e. The molecule has 0 aromatic heterocycles. The van der Waals surface area contributed by atoms with Gasteiger partial charge in [0, 0.05) is 23.3 Å². The molecule has 8 heteroatoms. The topological polar surface area (TPSA) is 75.3 Å². The van der Waals surface area contributed by atoms with Gasteiger partial charge >= 0.3 is 0 Å². The smallest absolute Gasteiger partial charge is 0.254 e. The fraction of sp³-hybridized carbons (Fsp3) is 0.462. The zero-order valence-corrected chi connectivity index (χ0v) is 14.4. The summed E-state index contributed by atoms with van der Waals surface area (Å²) in [5.74, 6) is -1.68. The van der Waals surface area contributed by atoms with E-state index in [1.165, 1.54) is 6.07 Å². The molecule has 0 bridgehead atoms. The predicted octanol–water partition coefficient (Wildman–Crippen LogP) is 1.72. The van der Waals surface area contributed by atoms with Crippen molar-refractivity contribution in [1.29, 1.82) is 0 Å². The van der Waals surface area contributed by atoms with Crippen LogP contribution in [-0.2, 0) is 9.84 Å². The van der Waals surface area contributed by atoms with Crippen LogP contribution in [0.5, 0.6) is 0 Å². The second-order valence-electron chi connectivity index (χ2n) is 4.71. The van der Waals surface area contributed by atoms with Gasteiger partial charge in [0.05, 0.1) is 5.56 Å². The first-order valence-corrected chi connectivity index (χ1v) is 9.06. The lowest BCUT2D eigenvalue weighted by atomic mass is 10.2. The molecule has 0 aliphatic carbocycles. The van der Waals surface area contributed by atoms with E-state index in [-0.39, 0.29) is 11.6 Å². The van der Waals surface area contributed by atoms with Crippen molar-refractivity contribution in [3.8, 4) is 0 Å². The molecular weight excluding hydrogens is 363 g/mol. The van der Waals surface area contributed by atoms with Crippen molar-refractivity contribution in [3.05, 3.63) is 28.0 Å². The van der Waals surface area contributed by atoms with Crippen LogP contribution in [-0.4, -0.2) is 39.7 Å². The third kappa shape index (κ3) is 5.05. The van der Waals surface area contributed by atoms with E-state index in [4.69, 9.17) is 0 Å². The Bertz CT molecular complexity index is 635. The number of hydrogen-bond donors (Lipinski definition) is 2. The maximum absolute atomic E-state index is 14.2. The molecule has 1 aromatic carbocycles. The highest BCUT2D eigenvalue weighted by Crippen LogP contribution is 2.24. The summed E-state index contributed by atoms with van der Waals surface area (Å²) in [6, 6.07) is 2.43. The fourth-order valence-electron chi connectivity index (χ4n) is 1.76. The predicted molar refractivity (Wildman–Crippen MR) is 82.7 cm³/mol. The van der Waals surface area contributed by atoms with Crippen LogP contribution < -0.4 is 10.6 Å². The Labute approximate surface area is 132 Å². The summed E-state index contributed by atoms with van der Waals surface area (Å²) in [5.41, 5.74) is -0.298. The van der Waals surface area contributed by atoms with Gasteiger partial charge in [-0.1, -0.05) is 22.9 Å². The normalized spacial score (nSPS) is 13.0. The Morgan fingerprint density at radius 2 is 2.05 bits per heavy atom. The number of sulfone groups is 1. The third-order valence-corrected chi connectivity index (χ3v) is 4.32. The Kier molecular flexibility index (Phi) is 6.30. The number of benzene rings is 1. The monoisotopic (exact) mass is 380 g/mol. The van der Waals surface area contributed by atoms with E-state index >= 15 is 0 Å². The molecule has 0 saturated heterocycles. The molecule has 0 saturated carbocycles. The van der Waals surface area contributed by atoms with Crippen molar-refractivity contribution in [1.82, 2.24) is 10.6 Å². The van der Waals surface area contributed by atoms with Gasteiger partial charge in [0.15, 0.2) is 15.7 Å². The van der Waals surface area contributed by atoms with Gasteiger partial charge in [-0.25, -0.2) is 12.8 Å². The van der Waals surface area contributed by atoms with Crippen LogP contribution in [0.1, 0.15) is 24.2 Å². The number of carbonyl (C=O) groups is 1. The molecule has 2 N–H and O–H groups in total. The molecule has 21 heavy (non-hydrogen) atoms. The average Bonchev–Trinajstić information content (AvgIpc) is 2.37. The maximum atomic E-state index is 14.2. The Balaban J connectivity index is 3.03. The van der Waals surface area contributed by atoms with Gasteiger partial charge in [0.25, 0.3) is 5.91 Å². The van der Waals surface area contributed by atoms with Gasteiger partial charge in [-0.15, -0.1) is 0 Å². The number of hydrogen-bond acceptors (Lipinski definition) is 4. The van der Waals surface area contributed by atoms with Crippen molar-refractivity contribution in [2.45, 2.75) is 24.8 Å². The van der Waals surface area contributed by atoms with Crippen LogP contribution in [0.15, 0.2) is 21.5 Å². The zero-order chi connectivity index (χ0) is 16.2. The molecule has 0 heterocycles. The van der Waals surface area contributed by atoms with Crippen LogP contribution in [0.25, 0.3) is 0 Å². The van der Waals surface area contributed by atoms with Gasteiger partial charge in [-0.2, -0.15) is 0 Å². The second-order valence-corrected chi connectivity index (χ2v) is 7.61. The van der Waals surface area contributed by atoms with E-state index in [1.807, 2.05) is 13.8 Å². The number of likely N-dealkylation sites (N-methyl/N-ethyl adjacent to an activating group) is 1. The molecule has 0 unspecified atom stereocenters. The number of rotatable bonds is 6. The standard InChI is InChI=1S/C13H18BrFN2O3S/c1-4-16-8(2)7-17-13(18)10-5-9(14)6-11(12(10)15)21(3,19)20/h5-6,8,16H,4,7H2,1-3H3,(H,17,18)/t8-/m1/s1. The van der Waals surface area contributed by atoms with Crippen molar-refractivity contribution in [3.63, 3.8) is 0 Å². The molecule has 1 amide bonds. The molecule has 118 valence electrons. The number of amides is 1. The second kappa shape index (κ2) is 7.33. The lowest BCUT2D eigenvalue weighted by Crippen LogP contribution is -2.39. The van der Waals surface area contributed by atoms with Crippen molar-refractivity contribution >= 4 is 31.7 Å². The van der Waals surface area contributed by atoms with E-state index in [1.54, 1.807) is 0 Å². The van der Waals surface area contributed by atoms with Crippen molar-refractivity contribution < 1.29 is 17.6 Å². The summed E-state index contributed by atoms with van der Waals surface area (Å²) in [7, 11) is -3.75. The molecule has 0 spiro atoms. The number of carbonyl (C=O) groups excluding carboxylic acids is 1. The molecule has 1 atom stereocenters. The quantitative estimate of drug-likeness (QED) is 0.787. The molecule has 0 radical (unpaired) electrons. The summed E-state index contributed by atoms with van der Waals surface area (Å²) in [6.45, 7) is 4.88. The molecule has 0 aliphatic rings. The molecule has 0 aliphatic heterocycles. The first kappa shape index (κ1) is 18.1. The average molecular weight is 381 g/mol. The number of halogens is 2. The zero-order valence-electron chi connectivity index (χ0n) is 12.0. The van der Waals surface area contributed by atoms with Crippen LogP contribution in [0.2, 0.25) is 0 Å².